The molecule has 0 aromatic heterocycles. The highest BCUT2D eigenvalue weighted by Gasteiger charge is 2.20. The van der Waals surface area contributed by atoms with E-state index >= 15 is 0 Å². The van der Waals surface area contributed by atoms with Gasteiger partial charge in [-0.05, 0) is 32.3 Å². The van der Waals surface area contributed by atoms with Crippen LogP contribution in [0.15, 0.2) is 29.3 Å². The Hall–Kier alpha value is -0.820. The van der Waals surface area contributed by atoms with E-state index in [0.717, 1.165) is 45.1 Å². The molecule has 2 N–H and O–H groups in total. The van der Waals surface area contributed by atoms with E-state index in [-0.39, 0.29) is 29.4 Å². The number of halogens is 1. The molecule has 1 aromatic rings. The second-order valence-corrected chi connectivity index (χ2v) is 6.51. The predicted octanol–water partition coefficient (Wildman–Crippen LogP) is 3.87. The lowest BCUT2D eigenvalue weighted by Crippen LogP contribution is -2.43. The van der Waals surface area contributed by atoms with Crippen molar-refractivity contribution in [1.29, 1.82) is 0 Å². The maximum atomic E-state index is 5.34. The number of guanidine groups is 1. The summed E-state index contributed by atoms with van der Waals surface area (Å²) in [6, 6.07) is 8.76. The topological polar surface area (TPSA) is 45.6 Å². The molecule has 0 spiro atoms. The molecular weight excluding hydrogens is 413 g/mol. The first kappa shape index (κ1) is 23.2. The van der Waals surface area contributed by atoms with E-state index in [2.05, 4.69) is 60.7 Å². The predicted molar refractivity (Wildman–Crippen MR) is 115 cm³/mol. The number of hydrogen-bond donors (Lipinski definition) is 2. The van der Waals surface area contributed by atoms with E-state index in [4.69, 9.17) is 4.74 Å². The quantitative estimate of drug-likeness (QED) is 0.262. The Morgan fingerprint density at radius 2 is 1.79 bits per heavy atom. The standard InChI is InChI=1S/C19H33N3O.HI/c1-6-23-14-8-7-13-21-18(20-5)22-15-19(3,4)17-11-9-16(2)10-12-17;/h9-12H,6-8,13-15H2,1-5H3,(H2,20,21,22);1H. The van der Waals surface area contributed by atoms with Gasteiger partial charge in [0.25, 0.3) is 0 Å². The van der Waals surface area contributed by atoms with Crippen LogP contribution in [0.4, 0.5) is 0 Å². The first-order valence-electron chi connectivity index (χ1n) is 8.59. The Balaban J connectivity index is 0.00000529. The molecule has 0 heterocycles. The highest BCUT2D eigenvalue weighted by atomic mass is 127. The minimum absolute atomic E-state index is 0. The largest absolute Gasteiger partial charge is 0.382 e. The maximum absolute atomic E-state index is 5.34. The summed E-state index contributed by atoms with van der Waals surface area (Å²) in [6.45, 7) is 12.0. The lowest BCUT2D eigenvalue weighted by Gasteiger charge is -2.27. The fraction of sp³-hybridized carbons (Fsp3) is 0.632. The van der Waals surface area contributed by atoms with Crippen LogP contribution in [0.3, 0.4) is 0 Å². The average Bonchev–Trinajstić information content (AvgIpc) is 2.54. The van der Waals surface area contributed by atoms with Crippen molar-refractivity contribution in [3.8, 4) is 0 Å². The molecule has 0 aliphatic rings. The zero-order valence-electron chi connectivity index (χ0n) is 15.8. The molecule has 0 aliphatic heterocycles. The fourth-order valence-corrected chi connectivity index (χ4v) is 2.31. The second kappa shape index (κ2) is 12.5. The zero-order valence-corrected chi connectivity index (χ0v) is 18.1. The molecule has 0 saturated heterocycles. The summed E-state index contributed by atoms with van der Waals surface area (Å²) in [5.41, 5.74) is 2.69. The number of benzene rings is 1. The van der Waals surface area contributed by atoms with Crippen LogP contribution in [-0.2, 0) is 10.2 Å². The monoisotopic (exact) mass is 447 g/mol. The number of ether oxygens (including phenoxy) is 1. The number of rotatable bonds is 9. The average molecular weight is 447 g/mol. The van der Waals surface area contributed by atoms with Crippen LogP contribution >= 0.6 is 24.0 Å². The van der Waals surface area contributed by atoms with E-state index in [1.165, 1.54) is 11.1 Å². The molecule has 0 bridgehead atoms. The van der Waals surface area contributed by atoms with Crippen molar-refractivity contribution < 1.29 is 4.74 Å². The van der Waals surface area contributed by atoms with Crippen LogP contribution in [-0.4, -0.2) is 39.3 Å². The fourth-order valence-electron chi connectivity index (χ4n) is 2.31. The summed E-state index contributed by atoms with van der Waals surface area (Å²) in [4.78, 5) is 4.30. The molecule has 0 aliphatic carbocycles. The Morgan fingerprint density at radius 1 is 1.12 bits per heavy atom. The molecule has 0 saturated carbocycles. The molecule has 24 heavy (non-hydrogen) atoms. The van der Waals surface area contributed by atoms with E-state index in [1.54, 1.807) is 0 Å². The zero-order chi connectivity index (χ0) is 17.1. The molecule has 1 rings (SSSR count). The van der Waals surface area contributed by atoms with Gasteiger partial charge in [-0.15, -0.1) is 24.0 Å². The summed E-state index contributed by atoms with van der Waals surface area (Å²) in [6.07, 6.45) is 2.16. The van der Waals surface area contributed by atoms with Crippen LogP contribution in [0.25, 0.3) is 0 Å². The minimum atomic E-state index is 0. The van der Waals surface area contributed by atoms with Gasteiger partial charge in [-0.3, -0.25) is 4.99 Å². The van der Waals surface area contributed by atoms with Crippen LogP contribution < -0.4 is 10.6 Å². The van der Waals surface area contributed by atoms with Crippen molar-refractivity contribution in [2.24, 2.45) is 4.99 Å². The number of nitrogens with zero attached hydrogens (tertiary/aromatic N) is 1. The van der Waals surface area contributed by atoms with Gasteiger partial charge < -0.3 is 15.4 Å². The van der Waals surface area contributed by atoms with Gasteiger partial charge in [0.15, 0.2) is 5.96 Å². The molecule has 138 valence electrons. The van der Waals surface area contributed by atoms with E-state index < -0.39 is 0 Å². The lowest BCUT2D eigenvalue weighted by atomic mass is 9.84. The Kier molecular flexibility index (Phi) is 12.1. The summed E-state index contributed by atoms with van der Waals surface area (Å²) < 4.78 is 5.34. The van der Waals surface area contributed by atoms with Gasteiger partial charge in [0.05, 0.1) is 0 Å². The molecule has 5 heteroatoms. The Labute approximate surface area is 164 Å². The van der Waals surface area contributed by atoms with Gasteiger partial charge in [0.1, 0.15) is 0 Å². The lowest BCUT2D eigenvalue weighted by molar-refractivity contribution is 0.143. The normalized spacial score (nSPS) is 11.8. The third-order valence-corrected chi connectivity index (χ3v) is 3.97. The molecule has 0 fully saturated rings. The Morgan fingerprint density at radius 3 is 2.38 bits per heavy atom. The molecule has 4 nitrogen and oxygen atoms in total. The van der Waals surface area contributed by atoms with Gasteiger partial charge in [-0.2, -0.15) is 0 Å². The molecule has 0 radical (unpaired) electrons. The van der Waals surface area contributed by atoms with Crippen LogP contribution in [0.2, 0.25) is 0 Å². The van der Waals surface area contributed by atoms with Crippen molar-refractivity contribution in [2.45, 2.75) is 46.0 Å². The van der Waals surface area contributed by atoms with Crippen molar-refractivity contribution in [1.82, 2.24) is 10.6 Å². The van der Waals surface area contributed by atoms with E-state index in [0.29, 0.717) is 0 Å². The van der Waals surface area contributed by atoms with Crippen molar-refractivity contribution in [3.05, 3.63) is 35.4 Å². The first-order chi connectivity index (χ1) is 11.0. The smallest absolute Gasteiger partial charge is 0.191 e. The van der Waals surface area contributed by atoms with Crippen LogP contribution in [0.5, 0.6) is 0 Å². The molecule has 0 unspecified atom stereocenters. The summed E-state index contributed by atoms with van der Waals surface area (Å²) in [5.74, 6) is 0.863. The summed E-state index contributed by atoms with van der Waals surface area (Å²) >= 11 is 0. The highest BCUT2D eigenvalue weighted by molar-refractivity contribution is 14.0. The molecule has 1 aromatic carbocycles. The highest BCUT2D eigenvalue weighted by Crippen LogP contribution is 2.22. The second-order valence-electron chi connectivity index (χ2n) is 6.51. The van der Waals surface area contributed by atoms with Crippen molar-refractivity contribution in [3.63, 3.8) is 0 Å². The SMILES string of the molecule is CCOCCCCNC(=NC)NCC(C)(C)c1ccc(C)cc1.I. The van der Waals surface area contributed by atoms with Crippen LogP contribution in [0.1, 0.15) is 44.7 Å². The number of nitrogens with one attached hydrogen (secondary N) is 2. The van der Waals surface area contributed by atoms with Crippen LogP contribution in [0, 0.1) is 6.92 Å². The van der Waals surface area contributed by atoms with Gasteiger partial charge in [-0.25, -0.2) is 0 Å². The molecule has 0 amide bonds. The maximum Gasteiger partial charge on any atom is 0.191 e. The van der Waals surface area contributed by atoms with Gasteiger partial charge in [0, 0.05) is 38.8 Å². The number of unbranched alkanes of at least 4 members (excludes halogenated alkanes) is 1. The van der Waals surface area contributed by atoms with E-state index in [9.17, 15) is 0 Å². The van der Waals surface area contributed by atoms with Gasteiger partial charge in [0.2, 0.25) is 0 Å². The first-order valence-corrected chi connectivity index (χ1v) is 8.59. The molecule has 0 atom stereocenters. The third kappa shape index (κ3) is 8.87. The Bertz CT molecular complexity index is 472. The van der Waals surface area contributed by atoms with Gasteiger partial charge in [-0.1, -0.05) is 43.7 Å². The third-order valence-electron chi connectivity index (χ3n) is 3.97. The molecular formula is C19H34IN3O. The van der Waals surface area contributed by atoms with Crippen molar-refractivity contribution >= 4 is 29.9 Å². The van der Waals surface area contributed by atoms with Crippen molar-refractivity contribution in [2.75, 3.05) is 33.4 Å². The summed E-state index contributed by atoms with van der Waals surface area (Å²) in [5, 5.41) is 6.80. The number of hydrogen-bond acceptors (Lipinski definition) is 2. The number of aryl methyl sites for hydroxylation is 1. The van der Waals surface area contributed by atoms with Gasteiger partial charge >= 0.3 is 0 Å². The minimum Gasteiger partial charge on any atom is -0.382 e. The van der Waals surface area contributed by atoms with E-state index in [1.807, 2.05) is 14.0 Å². The summed E-state index contributed by atoms with van der Waals surface area (Å²) in [7, 11) is 1.81. The number of aliphatic imine (C=N–C) groups is 1.